The molecule has 6 heteroatoms. The number of halogens is 3. The quantitative estimate of drug-likeness (QED) is 0.734. The minimum absolute atomic E-state index is 0.00111. The second kappa shape index (κ2) is 8.41. The van der Waals surface area contributed by atoms with E-state index in [0.717, 1.165) is 30.5 Å². The zero-order valence-electron chi connectivity index (χ0n) is 14.2. The summed E-state index contributed by atoms with van der Waals surface area (Å²) < 4.78 is 26.6. The lowest BCUT2D eigenvalue weighted by Crippen LogP contribution is -2.45. The smallest absolute Gasteiger partial charge is 0.238 e. The molecule has 0 bridgehead atoms. The molecule has 0 fully saturated rings. The monoisotopic (exact) mass is 366 g/mol. The van der Waals surface area contributed by atoms with Gasteiger partial charge < -0.3 is 5.32 Å². The summed E-state index contributed by atoms with van der Waals surface area (Å²) in [7, 11) is 0. The molecule has 2 N–H and O–H groups in total. The fraction of sp³-hybridized carbons (Fsp3) is 0.316. The van der Waals surface area contributed by atoms with Crippen molar-refractivity contribution in [2.24, 2.45) is 0 Å². The van der Waals surface area contributed by atoms with Crippen LogP contribution >= 0.6 is 11.6 Å². The first kappa shape index (κ1) is 19.3. The van der Waals surface area contributed by atoms with Crippen molar-refractivity contribution in [3.05, 3.63) is 64.7 Å². The number of rotatable bonds is 7. The van der Waals surface area contributed by atoms with Crippen molar-refractivity contribution in [2.45, 2.75) is 32.2 Å². The number of carbonyl (C=O) groups is 1. The van der Waals surface area contributed by atoms with Crippen molar-refractivity contribution < 1.29 is 13.6 Å². The second-order valence-corrected chi connectivity index (χ2v) is 6.26. The fourth-order valence-electron chi connectivity index (χ4n) is 2.81. The standard InChI is InChI=1S/C19H21ClF2N2O/c1-3-19(4-2,13-5-7-14(20)8-6-13)23-12-18(25)24-17-10-9-15(21)11-16(17)22/h5-11,23H,3-4,12H2,1-2H3,(H,24,25). The molecule has 0 atom stereocenters. The summed E-state index contributed by atoms with van der Waals surface area (Å²) in [6.07, 6.45) is 1.53. The highest BCUT2D eigenvalue weighted by Gasteiger charge is 2.28. The normalized spacial score (nSPS) is 11.4. The molecule has 134 valence electrons. The van der Waals surface area contributed by atoms with E-state index in [0.29, 0.717) is 5.02 Å². The van der Waals surface area contributed by atoms with Gasteiger partial charge in [0.15, 0.2) is 0 Å². The first-order valence-corrected chi connectivity index (χ1v) is 8.54. The van der Waals surface area contributed by atoms with E-state index in [9.17, 15) is 13.6 Å². The third kappa shape index (κ3) is 4.77. The first-order chi connectivity index (χ1) is 11.9. The van der Waals surface area contributed by atoms with Gasteiger partial charge in [0, 0.05) is 16.6 Å². The van der Waals surface area contributed by atoms with Gasteiger partial charge in [0.25, 0.3) is 0 Å². The van der Waals surface area contributed by atoms with Gasteiger partial charge >= 0.3 is 0 Å². The highest BCUT2D eigenvalue weighted by Crippen LogP contribution is 2.29. The van der Waals surface area contributed by atoms with Gasteiger partial charge in [0.1, 0.15) is 11.6 Å². The van der Waals surface area contributed by atoms with Crippen molar-refractivity contribution >= 4 is 23.2 Å². The number of anilines is 1. The molecule has 0 aliphatic heterocycles. The molecular weight excluding hydrogens is 346 g/mol. The molecule has 0 aliphatic carbocycles. The molecule has 0 heterocycles. The number of hydrogen-bond donors (Lipinski definition) is 2. The van der Waals surface area contributed by atoms with Gasteiger partial charge in [-0.05, 0) is 42.7 Å². The Morgan fingerprint density at radius 2 is 1.72 bits per heavy atom. The highest BCUT2D eigenvalue weighted by molar-refractivity contribution is 6.30. The average Bonchev–Trinajstić information content (AvgIpc) is 2.60. The Bertz CT molecular complexity index is 731. The predicted octanol–water partition coefficient (Wildman–Crippen LogP) is 4.86. The Morgan fingerprint density at radius 1 is 1.08 bits per heavy atom. The molecule has 1 amide bonds. The Kier molecular flexibility index (Phi) is 6.51. The van der Waals surface area contributed by atoms with Gasteiger partial charge in [-0.3, -0.25) is 10.1 Å². The molecule has 2 aromatic rings. The van der Waals surface area contributed by atoms with Crippen LogP contribution < -0.4 is 10.6 Å². The van der Waals surface area contributed by atoms with Crippen molar-refractivity contribution in [3.8, 4) is 0 Å². The van der Waals surface area contributed by atoms with Crippen molar-refractivity contribution in [3.63, 3.8) is 0 Å². The van der Waals surface area contributed by atoms with Crippen LogP contribution in [-0.4, -0.2) is 12.5 Å². The van der Waals surface area contributed by atoms with E-state index in [4.69, 9.17) is 11.6 Å². The lowest BCUT2D eigenvalue weighted by Gasteiger charge is -2.33. The van der Waals surface area contributed by atoms with Gasteiger partial charge in [-0.15, -0.1) is 0 Å². The third-order valence-corrected chi connectivity index (χ3v) is 4.65. The summed E-state index contributed by atoms with van der Waals surface area (Å²) in [5.74, 6) is -1.89. The summed E-state index contributed by atoms with van der Waals surface area (Å²) in [5, 5.41) is 6.37. The van der Waals surface area contributed by atoms with Crippen LogP contribution in [0.3, 0.4) is 0 Å². The van der Waals surface area contributed by atoms with Crippen LogP contribution in [0.1, 0.15) is 32.3 Å². The average molecular weight is 367 g/mol. The van der Waals surface area contributed by atoms with Crippen LogP contribution in [0.2, 0.25) is 5.02 Å². The molecule has 0 saturated heterocycles. The number of hydrogen-bond acceptors (Lipinski definition) is 2. The summed E-state index contributed by atoms with van der Waals surface area (Å²) in [6, 6.07) is 10.5. The van der Waals surface area contributed by atoms with Crippen LogP contribution in [0.15, 0.2) is 42.5 Å². The van der Waals surface area contributed by atoms with Crippen molar-refractivity contribution in [2.75, 3.05) is 11.9 Å². The Labute approximate surface area is 151 Å². The lowest BCUT2D eigenvalue weighted by molar-refractivity contribution is -0.115. The zero-order chi connectivity index (χ0) is 18.4. The summed E-state index contributed by atoms with van der Waals surface area (Å²) >= 11 is 5.95. The largest absolute Gasteiger partial charge is 0.322 e. The summed E-state index contributed by atoms with van der Waals surface area (Å²) in [4.78, 5) is 12.2. The van der Waals surface area contributed by atoms with E-state index in [-0.39, 0.29) is 17.8 Å². The molecule has 0 spiro atoms. The van der Waals surface area contributed by atoms with E-state index in [1.54, 1.807) is 0 Å². The SMILES string of the molecule is CCC(CC)(NCC(=O)Nc1ccc(F)cc1F)c1ccc(Cl)cc1. The van der Waals surface area contributed by atoms with Gasteiger partial charge in [-0.2, -0.15) is 0 Å². The second-order valence-electron chi connectivity index (χ2n) is 5.82. The third-order valence-electron chi connectivity index (χ3n) is 4.40. The van der Waals surface area contributed by atoms with Crippen LogP contribution in [0.5, 0.6) is 0 Å². The van der Waals surface area contributed by atoms with Crippen molar-refractivity contribution in [1.82, 2.24) is 5.32 Å². The molecule has 0 saturated carbocycles. The Morgan fingerprint density at radius 3 is 2.28 bits per heavy atom. The number of nitrogens with one attached hydrogen (secondary N) is 2. The summed E-state index contributed by atoms with van der Waals surface area (Å²) in [5.41, 5.74) is 0.601. The van der Waals surface area contributed by atoms with Gasteiger partial charge in [0.2, 0.25) is 5.91 Å². The molecule has 0 aromatic heterocycles. The van der Waals surface area contributed by atoms with E-state index < -0.39 is 17.5 Å². The molecule has 3 nitrogen and oxygen atoms in total. The maximum Gasteiger partial charge on any atom is 0.238 e. The molecule has 2 rings (SSSR count). The van der Waals surface area contributed by atoms with Crippen LogP contribution in [0.25, 0.3) is 0 Å². The minimum Gasteiger partial charge on any atom is -0.322 e. The maximum atomic E-state index is 13.6. The van der Waals surface area contributed by atoms with Gasteiger partial charge in [0.05, 0.1) is 12.2 Å². The van der Waals surface area contributed by atoms with Crippen LogP contribution in [-0.2, 0) is 10.3 Å². The zero-order valence-corrected chi connectivity index (χ0v) is 15.0. The van der Waals surface area contributed by atoms with Gasteiger partial charge in [-0.1, -0.05) is 37.6 Å². The number of benzene rings is 2. The first-order valence-electron chi connectivity index (χ1n) is 8.16. The Balaban J connectivity index is 2.07. The Hall–Kier alpha value is -1.98. The lowest BCUT2D eigenvalue weighted by atomic mass is 9.84. The van der Waals surface area contributed by atoms with E-state index >= 15 is 0 Å². The number of amides is 1. The van der Waals surface area contributed by atoms with Gasteiger partial charge in [-0.25, -0.2) is 8.78 Å². The van der Waals surface area contributed by atoms with Crippen molar-refractivity contribution in [1.29, 1.82) is 0 Å². The predicted molar refractivity (Wildman–Crippen MR) is 96.7 cm³/mol. The minimum atomic E-state index is -0.803. The van der Waals surface area contributed by atoms with Crippen LogP contribution in [0.4, 0.5) is 14.5 Å². The molecule has 0 aliphatic rings. The van der Waals surface area contributed by atoms with E-state index in [1.807, 2.05) is 38.1 Å². The molecule has 0 radical (unpaired) electrons. The fourth-order valence-corrected chi connectivity index (χ4v) is 2.94. The highest BCUT2D eigenvalue weighted by atomic mass is 35.5. The molecule has 25 heavy (non-hydrogen) atoms. The molecule has 0 unspecified atom stereocenters. The number of carbonyl (C=O) groups excluding carboxylic acids is 1. The topological polar surface area (TPSA) is 41.1 Å². The summed E-state index contributed by atoms with van der Waals surface area (Å²) in [6.45, 7) is 4.06. The van der Waals surface area contributed by atoms with Crippen LogP contribution in [0, 0.1) is 11.6 Å². The molecule has 2 aromatic carbocycles. The maximum absolute atomic E-state index is 13.6. The van der Waals surface area contributed by atoms with E-state index in [1.165, 1.54) is 6.07 Å². The molecular formula is C19H21ClF2N2O. The van der Waals surface area contributed by atoms with E-state index in [2.05, 4.69) is 10.6 Å².